The summed E-state index contributed by atoms with van der Waals surface area (Å²) in [7, 11) is 0. The number of hydrogen-bond acceptors (Lipinski definition) is 2. The molecule has 0 saturated heterocycles. The maximum atomic E-state index is 14.2. The van der Waals surface area contributed by atoms with Gasteiger partial charge in [-0.25, -0.2) is 9.18 Å². The van der Waals surface area contributed by atoms with Crippen molar-refractivity contribution in [2.24, 2.45) is 17.8 Å². The van der Waals surface area contributed by atoms with Gasteiger partial charge in [0.2, 0.25) is 0 Å². The highest BCUT2D eigenvalue weighted by Crippen LogP contribution is 2.58. The number of carbonyl (C=O) groups excluding carboxylic acids is 1. The first-order valence-corrected chi connectivity index (χ1v) is 8.28. The predicted octanol–water partition coefficient (Wildman–Crippen LogP) is 3.83. The molecule has 2 atom stereocenters. The highest BCUT2D eigenvalue weighted by atomic mass is 19.1. The van der Waals surface area contributed by atoms with E-state index >= 15 is 0 Å². The van der Waals surface area contributed by atoms with E-state index in [1.54, 1.807) is 0 Å². The molecule has 0 aromatic heterocycles. The molecule has 4 heteroatoms. The maximum absolute atomic E-state index is 14.2. The lowest BCUT2D eigenvalue weighted by atomic mass is 9.53. The lowest BCUT2D eigenvalue weighted by Crippen LogP contribution is -2.58. The lowest BCUT2D eigenvalue weighted by Gasteiger charge is -2.56. The van der Waals surface area contributed by atoms with E-state index in [-0.39, 0.29) is 17.9 Å². The molecule has 2 unspecified atom stereocenters. The van der Waals surface area contributed by atoms with E-state index in [1.807, 2.05) is 30.3 Å². The van der Waals surface area contributed by atoms with E-state index in [4.69, 9.17) is 4.74 Å². The minimum atomic E-state index is -0.680. The highest BCUT2D eigenvalue weighted by Gasteiger charge is 2.57. The highest BCUT2D eigenvalue weighted by molar-refractivity contribution is 5.67. The van der Waals surface area contributed by atoms with E-state index in [0.717, 1.165) is 24.8 Å². The van der Waals surface area contributed by atoms with Gasteiger partial charge in [-0.3, -0.25) is 0 Å². The number of hydrogen-bond donors (Lipinski definition) is 1. The third kappa shape index (κ3) is 2.49. The number of carbonyl (C=O) groups is 1. The van der Waals surface area contributed by atoms with Crippen molar-refractivity contribution in [2.75, 3.05) is 0 Å². The Bertz CT molecular complexity index is 545. The van der Waals surface area contributed by atoms with Gasteiger partial charge in [0.25, 0.3) is 0 Å². The zero-order chi connectivity index (χ0) is 15.2. The second-order valence-corrected chi connectivity index (χ2v) is 7.33. The molecule has 4 saturated carbocycles. The molecule has 0 aliphatic heterocycles. The lowest BCUT2D eigenvalue weighted by molar-refractivity contribution is -0.157. The van der Waals surface area contributed by atoms with Crippen LogP contribution in [0.1, 0.15) is 37.7 Å². The van der Waals surface area contributed by atoms with E-state index in [9.17, 15) is 9.18 Å². The topological polar surface area (TPSA) is 38.3 Å². The zero-order valence-electron chi connectivity index (χ0n) is 12.6. The number of alkyl halides is 1. The minimum absolute atomic E-state index is 0.105. The second-order valence-electron chi connectivity index (χ2n) is 7.33. The largest absolute Gasteiger partial charge is 0.443 e. The van der Waals surface area contributed by atoms with Crippen molar-refractivity contribution in [3.05, 3.63) is 35.9 Å². The second kappa shape index (κ2) is 5.25. The van der Waals surface area contributed by atoms with Crippen LogP contribution in [-0.2, 0) is 11.3 Å². The molecule has 4 aliphatic rings. The summed E-state index contributed by atoms with van der Waals surface area (Å²) in [6.45, 7) is 0.470. The summed E-state index contributed by atoms with van der Waals surface area (Å²) in [5.41, 5.74) is 0.647. The van der Waals surface area contributed by atoms with Crippen molar-refractivity contribution in [2.45, 2.75) is 50.4 Å². The van der Waals surface area contributed by atoms with Crippen molar-refractivity contribution >= 4 is 6.09 Å². The molecule has 4 bridgehead atoms. The quantitative estimate of drug-likeness (QED) is 0.921. The molecule has 22 heavy (non-hydrogen) atoms. The molecule has 4 fully saturated rings. The third-order valence-corrected chi connectivity index (χ3v) is 5.69. The molecule has 1 aromatic carbocycles. The van der Waals surface area contributed by atoms with Crippen LogP contribution in [0.4, 0.5) is 9.18 Å². The van der Waals surface area contributed by atoms with Gasteiger partial charge >= 0.3 is 6.09 Å². The number of alkyl carbamates (subject to hydrolysis) is 1. The fourth-order valence-corrected chi connectivity index (χ4v) is 5.02. The van der Waals surface area contributed by atoms with Crippen molar-refractivity contribution < 1.29 is 13.9 Å². The van der Waals surface area contributed by atoms with Crippen LogP contribution in [0, 0.1) is 17.8 Å². The van der Waals surface area contributed by atoms with Gasteiger partial charge in [0.1, 0.15) is 11.8 Å². The van der Waals surface area contributed by atoms with Gasteiger partial charge in [-0.2, -0.15) is 0 Å². The fraction of sp³-hybridized carbons (Fsp3) is 0.611. The average Bonchev–Trinajstić information content (AvgIpc) is 2.50. The van der Waals surface area contributed by atoms with Gasteiger partial charge in [-0.05, 0) is 55.4 Å². The Labute approximate surface area is 130 Å². The van der Waals surface area contributed by atoms with Crippen LogP contribution in [0.3, 0.4) is 0 Å². The molecule has 4 aliphatic carbocycles. The Morgan fingerprint density at radius 3 is 2.55 bits per heavy atom. The van der Waals surface area contributed by atoms with Crippen LogP contribution in [0.5, 0.6) is 0 Å². The Balaban J connectivity index is 1.38. The molecule has 3 nitrogen and oxygen atoms in total. The van der Waals surface area contributed by atoms with Gasteiger partial charge < -0.3 is 10.1 Å². The summed E-state index contributed by atoms with van der Waals surface area (Å²) in [5, 5.41) is 2.83. The third-order valence-electron chi connectivity index (χ3n) is 5.69. The maximum Gasteiger partial charge on any atom is 0.407 e. The summed E-state index contributed by atoms with van der Waals surface area (Å²) in [6.07, 6.45) is 3.26. The number of amides is 1. The first-order valence-electron chi connectivity index (χ1n) is 8.28. The Kier molecular flexibility index (Phi) is 3.35. The zero-order valence-corrected chi connectivity index (χ0v) is 12.6. The minimum Gasteiger partial charge on any atom is -0.443 e. The number of halogens is 1. The van der Waals surface area contributed by atoms with Crippen LogP contribution in [0.2, 0.25) is 0 Å². The summed E-state index contributed by atoms with van der Waals surface area (Å²) in [6, 6.07) is 9.79. The molecule has 1 amide bonds. The van der Waals surface area contributed by atoms with E-state index in [2.05, 4.69) is 5.32 Å². The molecule has 1 N–H and O–H groups in total. The SMILES string of the molecule is O=C(NCc1ccccc1)OC12CC3CC(C1)C(F)C(C3)C2. The molecule has 118 valence electrons. The first kappa shape index (κ1) is 14.0. The molecular weight excluding hydrogens is 281 g/mol. The number of rotatable bonds is 3. The molecule has 0 heterocycles. The Morgan fingerprint density at radius 1 is 1.18 bits per heavy atom. The number of benzene rings is 1. The van der Waals surface area contributed by atoms with E-state index in [0.29, 0.717) is 25.3 Å². The van der Waals surface area contributed by atoms with Gasteiger partial charge in [-0.15, -0.1) is 0 Å². The summed E-state index contributed by atoms with van der Waals surface area (Å²) < 4.78 is 20.0. The van der Waals surface area contributed by atoms with E-state index in [1.165, 1.54) is 0 Å². The fourth-order valence-electron chi connectivity index (χ4n) is 5.02. The van der Waals surface area contributed by atoms with Crippen LogP contribution >= 0.6 is 0 Å². The Hall–Kier alpha value is -1.58. The molecular formula is C18H22FNO2. The monoisotopic (exact) mass is 303 g/mol. The normalized spacial score (nSPS) is 38.8. The number of nitrogens with one attached hydrogen (secondary N) is 1. The van der Waals surface area contributed by atoms with Crippen molar-refractivity contribution in [3.63, 3.8) is 0 Å². The number of ether oxygens (including phenoxy) is 1. The first-order chi connectivity index (χ1) is 10.6. The van der Waals surface area contributed by atoms with Crippen LogP contribution in [0.25, 0.3) is 0 Å². The van der Waals surface area contributed by atoms with Crippen molar-refractivity contribution in [3.8, 4) is 0 Å². The van der Waals surface area contributed by atoms with E-state index < -0.39 is 11.8 Å². The Morgan fingerprint density at radius 2 is 1.86 bits per heavy atom. The molecule has 5 rings (SSSR count). The van der Waals surface area contributed by atoms with Crippen molar-refractivity contribution in [1.29, 1.82) is 0 Å². The molecule has 0 spiro atoms. The summed E-state index contributed by atoms with van der Waals surface area (Å²) >= 11 is 0. The molecule has 0 radical (unpaired) electrons. The van der Waals surface area contributed by atoms with Gasteiger partial charge in [0.15, 0.2) is 0 Å². The van der Waals surface area contributed by atoms with Gasteiger partial charge in [0, 0.05) is 6.54 Å². The summed E-state index contributed by atoms with van der Waals surface area (Å²) in [5.74, 6) is 0.757. The standard InChI is InChI=1S/C18H22FNO2/c19-16-14-6-13-7-15(16)10-18(8-13,9-14)22-17(21)20-11-12-4-2-1-3-5-12/h1-5,13-16H,6-11H2,(H,20,21). The van der Waals surface area contributed by atoms with Crippen LogP contribution in [-0.4, -0.2) is 17.9 Å². The summed E-state index contributed by atoms with van der Waals surface area (Å²) in [4.78, 5) is 12.2. The predicted molar refractivity (Wildman–Crippen MR) is 80.9 cm³/mol. The van der Waals surface area contributed by atoms with Crippen LogP contribution in [0.15, 0.2) is 30.3 Å². The average molecular weight is 303 g/mol. The van der Waals surface area contributed by atoms with Crippen molar-refractivity contribution in [1.82, 2.24) is 5.32 Å². The smallest absolute Gasteiger partial charge is 0.407 e. The van der Waals surface area contributed by atoms with Gasteiger partial charge in [-0.1, -0.05) is 30.3 Å². The molecule has 1 aromatic rings. The van der Waals surface area contributed by atoms with Gasteiger partial charge in [0.05, 0.1) is 0 Å². The van der Waals surface area contributed by atoms with Crippen LogP contribution < -0.4 is 5.32 Å².